The number of benzene rings is 1. The van der Waals surface area contributed by atoms with Crippen LogP contribution in [0.5, 0.6) is 0 Å². The fourth-order valence-corrected chi connectivity index (χ4v) is 4.32. The van der Waals surface area contributed by atoms with Gasteiger partial charge in [0, 0.05) is 38.4 Å². The zero-order chi connectivity index (χ0) is 18.1. The van der Waals surface area contributed by atoms with Crippen LogP contribution in [0.3, 0.4) is 0 Å². The van der Waals surface area contributed by atoms with E-state index in [0.29, 0.717) is 23.3 Å². The molecule has 2 atom stereocenters. The summed E-state index contributed by atoms with van der Waals surface area (Å²) in [6.07, 6.45) is 4.07. The molecule has 0 spiro atoms. The molecule has 2 bridgehead atoms. The van der Waals surface area contributed by atoms with Crippen LogP contribution in [0.4, 0.5) is 0 Å². The maximum Gasteiger partial charge on any atom is 0.257 e. The second-order valence-electron chi connectivity index (χ2n) is 7.64. The van der Waals surface area contributed by atoms with Gasteiger partial charge in [0.1, 0.15) is 5.82 Å². The standard InChI is InChI=1S/C21H26N4O/c1-15-20(10-22-16(2)23-15)21(26)25-13-18-8-9-19(14-25)24(12-18)11-17-6-4-3-5-7-17/h3-7,10,18-19H,8-9,11-14H2,1-2H3/t18-,19-/m1/s1. The number of hydrogen-bond donors (Lipinski definition) is 0. The van der Waals surface area contributed by atoms with Gasteiger partial charge in [0.05, 0.1) is 11.3 Å². The molecule has 0 aliphatic carbocycles. The number of carbonyl (C=O) groups is 1. The molecule has 26 heavy (non-hydrogen) atoms. The summed E-state index contributed by atoms with van der Waals surface area (Å²) in [6.45, 7) is 7.44. The zero-order valence-electron chi connectivity index (χ0n) is 15.6. The lowest BCUT2D eigenvalue weighted by atomic mass is 9.94. The first-order valence-electron chi connectivity index (χ1n) is 9.47. The summed E-state index contributed by atoms with van der Waals surface area (Å²) >= 11 is 0. The Morgan fingerprint density at radius 1 is 1.12 bits per heavy atom. The summed E-state index contributed by atoms with van der Waals surface area (Å²) in [5, 5.41) is 0. The van der Waals surface area contributed by atoms with Crippen LogP contribution in [0, 0.1) is 19.8 Å². The predicted molar refractivity (Wildman–Crippen MR) is 101 cm³/mol. The predicted octanol–water partition coefficient (Wildman–Crippen LogP) is 2.83. The van der Waals surface area contributed by atoms with Crippen molar-refractivity contribution < 1.29 is 4.79 Å². The highest BCUT2D eigenvalue weighted by molar-refractivity contribution is 5.95. The van der Waals surface area contributed by atoms with Crippen LogP contribution in [0.1, 0.15) is 40.3 Å². The Morgan fingerprint density at radius 2 is 1.92 bits per heavy atom. The number of carbonyl (C=O) groups excluding carboxylic acids is 1. The molecule has 136 valence electrons. The third kappa shape index (κ3) is 3.49. The highest BCUT2D eigenvalue weighted by Gasteiger charge is 2.36. The van der Waals surface area contributed by atoms with Crippen molar-refractivity contribution in [2.45, 2.75) is 39.3 Å². The highest BCUT2D eigenvalue weighted by Crippen LogP contribution is 2.30. The van der Waals surface area contributed by atoms with E-state index in [2.05, 4.69) is 45.2 Å². The smallest absolute Gasteiger partial charge is 0.257 e. The third-order valence-electron chi connectivity index (χ3n) is 5.67. The van der Waals surface area contributed by atoms with E-state index in [1.807, 2.05) is 18.7 Å². The highest BCUT2D eigenvalue weighted by atomic mass is 16.2. The van der Waals surface area contributed by atoms with Gasteiger partial charge in [-0.3, -0.25) is 9.69 Å². The van der Waals surface area contributed by atoms with Gasteiger partial charge < -0.3 is 4.90 Å². The van der Waals surface area contributed by atoms with E-state index in [9.17, 15) is 4.79 Å². The number of piperidine rings is 1. The number of fused-ring (bicyclic) bond motifs is 4. The van der Waals surface area contributed by atoms with Gasteiger partial charge in [-0.2, -0.15) is 0 Å². The number of aromatic nitrogens is 2. The molecule has 5 heteroatoms. The lowest BCUT2D eigenvalue weighted by Gasteiger charge is -2.36. The molecule has 1 aromatic carbocycles. The number of rotatable bonds is 3. The van der Waals surface area contributed by atoms with Crippen LogP contribution in [0.25, 0.3) is 0 Å². The van der Waals surface area contributed by atoms with E-state index in [4.69, 9.17) is 0 Å². The number of aryl methyl sites for hydroxylation is 2. The monoisotopic (exact) mass is 350 g/mol. The molecule has 3 aliphatic rings. The molecule has 0 saturated carbocycles. The molecule has 1 amide bonds. The number of hydrogen-bond acceptors (Lipinski definition) is 4. The molecule has 3 saturated heterocycles. The van der Waals surface area contributed by atoms with Crippen molar-refractivity contribution in [3.8, 4) is 0 Å². The summed E-state index contributed by atoms with van der Waals surface area (Å²) in [4.78, 5) is 26.3. The van der Waals surface area contributed by atoms with E-state index in [1.54, 1.807) is 6.20 Å². The van der Waals surface area contributed by atoms with Crippen molar-refractivity contribution in [3.05, 3.63) is 59.2 Å². The lowest BCUT2D eigenvalue weighted by Crippen LogP contribution is -2.44. The van der Waals surface area contributed by atoms with Crippen molar-refractivity contribution >= 4 is 5.91 Å². The van der Waals surface area contributed by atoms with E-state index < -0.39 is 0 Å². The second-order valence-corrected chi connectivity index (χ2v) is 7.64. The van der Waals surface area contributed by atoms with Gasteiger partial charge in [-0.1, -0.05) is 30.3 Å². The fraction of sp³-hybridized carbons (Fsp3) is 0.476. The van der Waals surface area contributed by atoms with Crippen LogP contribution in [0.2, 0.25) is 0 Å². The van der Waals surface area contributed by atoms with Gasteiger partial charge in [-0.25, -0.2) is 9.97 Å². The van der Waals surface area contributed by atoms with E-state index in [0.717, 1.165) is 31.9 Å². The summed E-state index contributed by atoms with van der Waals surface area (Å²) in [5.41, 5.74) is 2.77. The lowest BCUT2D eigenvalue weighted by molar-refractivity contribution is 0.0734. The SMILES string of the molecule is Cc1ncc(C(=O)N2C[C@@H]3CC[C@H](C2)N(Cc2ccccc2)C3)c(C)n1. The molecule has 4 heterocycles. The molecule has 5 nitrogen and oxygen atoms in total. The van der Waals surface area contributed by atoms with E-state index >= 15 is 0 Å². The van der Waals surface area contributed by atoms with Gasteiger partial charge in [0.25, 0.3) is 5.91 Å². The topological polar surface area (TPSA) is 49.3 Å². The average Bonchev–Trinajstić information content (AvgIpc) is 2.94. The third-order valence-corrected chi connectivity index (χ3v) is 5.67. The minimum absolute atomic E-state index is 0.0842. The molecule has 0 N–H and O–H groups in total. The molecule has 0 radical (unpaired) electrons. The zero-order valence-corrected chi connectivity index (χ0v) is 15.6. The molecule has 5 rings (SSSR count). The summed E-state index contributed by atoms with van der Waals surface area (Å²) < 4.78 is 0. The Kier molecular flexibility index (Phi) is 4.72. The summed E-state index contributed by atoms with van der Waals surface area (Å²) in [7, 11) is 0. The summed E-state index contributed by atoms with van der Waals surface area (Å²) in [6, 6.07) is 11.1. The van der Waals surface area contributed by atoms with Crippen molar-refractivity contribution in [1.82, 2.24) is 19.8 Å². The van der Waals surface area contributed by atoms with Crippen LogP contribution in [0.15, 0.2) is 36.5 Å². The maximum atomic E-state index is 13.1. The quantitative estimate of drug-likeness (QED) is 0.854. The second kappa shape index (κ2) is 7.16. The molecule has 3 fully saturated rings. The van der Waals surface area contributed by atoms with Gasteiger partial charge in [0.15, 0.2) is 0 Å². The van der Waals surface area contributed by atoms with Gasteiger partial charge in [-0.05, 0) is 38.2 Å². The van der Waals surface area contributed by atoms with Crippen molar-refractivity contribution in [1.29, 1.82) is 0 Å². The van der Waals surface area contributed by atoms with Crippen molar-refractivity contribution in [2.24, 2.45) is 5.92 Å². The first-order chi connectivity index (χ1) is 12.6. The van der Waals surface area contributed by atoms with Crippen LogP contribution in [-0.2, 0) is 6.54 Å². The minimum atomic E-state index is 0.0842. The molecule has 2 aromatic rings. The van der Waals surface area contributed by atoms with E-state index in [1.165, 1.54) is 18.4 Å². The Balaban J connectivity index is 1.51. The molecular formula is C21H26N4O. The largest absolute Gasteiger partial charge is 0.337 e. The Hall–Kier alpha value is -2.27. The Bertz CT molecular complexity index is 792. The van der Waals surface area contributed by atoms with Crippen LogP contribution in [-0.4, -0.2) is 51.4 Å². The van der Waals surface area contributed by atoms with Crippen molar-refractivity contribution in [3.63, 3.8) is 0 Å². The minimum Gasteiger partial charge on any atom is -0.337 e. The first kappa shape index (κ1) is 17.2. The number of amides is 1. The van der Waals surface area contributed by atoms with Gasteiger partial charge >= 0.3 is 0 Å². The van der Waals surface area contributed by atoms with Crippen LogP contribution >= 0.6 is 0 Å². The van der Waals surface area contributed by atoms with Gasteiger partial charge in [-0.15, -0.1) is 0 Å². The van der Waals surface area contributed by atoms with Crippen molar-refractivity contribution in [2.75, 3.05) is 19.6 Å². The Labute approximate surface area is 155 Å². The summed E-state index contributed by atoms with van der Waals surface area (Å²) in [5.74, 6) is 1.35. The Morgan fingerprint density at radius 3 is 2.69 bits per heavy atom. The molecule has 1 aromatic heterocycles. The number of nitrogens with zero attached hydrogens (tertiary/aromatic N) is 4. The molecule has 3 aliphatic heterocycles. The fourth-order valence-electron chi connectivity index (χ4n) is 4.32. The molecular weight excluding hydrogens is 324 g/mol. The first-order valence-corrected chi connectivity index (χ1v) is 9.47. The average molecular weight is 350 g/mol. The maximum absolute atomic E-state index is 13.1. The van der Waals surface area contributed by atoms with Gasteiger partial charge in [0.2, 0.25) is 0 Å². The normalized spacial score (nSPS) is 23.1. The van der Waals surface area contributed by atoms with Crippen LogP contribution < -0.4 is 0 Å². The molecule has 0 unspecified atom stereocenters. The van der Waals surface area contributed by atoms with E-state index in [-0.39, 0.29) is 5.91 Å².